The van der Waals surface area contributed by atoms with E-state index in [2.05, 4.69) is 15.3 Å². The lowest BCUT2D eigenvalue weighted by Crippen LogP contribution is -2.40. The van der Waals surface area contributed by atoms with Crippen LogP contribution in [0.1, 0.15) is 35.3 Å². The molecule has 1 amide bonds. The summed E-state index contributed by atoms with van der Waals surface area (Å²) in [5.74, 6) is -0.824. The molecule has 0 saturated heterocycles. The smallest absolute Gasteiger partial charge is 0.283 e. The molecule has 8 heteroatoms. The second-order valence-corrected chi connectivity index (χ2v) is 7.17. The van der Waals surface area contributed by atoms with E-state index in [1.165, 1.54) is 24.4 Å². The van der Waals surface area contributed by atoms with Crippen LogP contribution in [0.4, 0.5) is 10.1 Å². The normalized spacial score (nSPS) is 21.1. The molecule has 2 heterocycles. The average Bonchev–Trinajstić information content (AvgIpc) is 2.69. The van der Waals surface area contributed by atoms with E-state index in [0.717, 1.165) is 18.4 Å². The zero-order chi connectivity index (χ0) is 19.7. The van der Waals surface area contributed by atoms with Crippen molar-refractivity contribution in [1.82, 2.24) is 4.98 Å². The number of anilines is 1. The SMILES string of the molecule is NC1=N[C@@]2(c3cc(NC(=O)c4ccc(Cl)cn4)ccc3F)CCCC=C2CO1. The first-order valence-electron chi connectivity index (χ1n) is 8.88. The number of benzene rings is 1. The number of carbonyl (C=O) groups is 1. The summed E-state index contributed by atoms with van der Waals surface area (Å²) in [6, 6.07) is 7.57. The molecule has 0 fully saturated rings. The van der Waals surface area contributed by atoms with Crippen LogP contribution in [-0.2, 0) is 10.3 Å². The van der Waals surface area contributed by atoms with Crippen LogP contribution in [0.25, 0.3) is 0 Å². The van der Waals surface area contributed by atoms with Crippen LogP contribution in [0.5, 0.6) is 0 Å². The fourth-order valence-corrected chi connectivity index (χ4v) is 3.75. The summed E-state index contributed by atoms with van der Waals surface area (Å²) in [7, 11) is 0. The van der Waals surface area contributed by atoms with E-state index in [0.29, 0.717) is 22.7 Å². The van der Waals surface area contributed by atoms with E-state index in [9.17, 15) is 9.18 Å². The molecule has 0 saturated carbocycles. The Labute approximate surface area is 166 Å². The van der Waals surface area contributed by atoms with Crippen LogP contribution in [0, 0.1) is 5.82 Å². The number of nitrogens with two attached hydrogens (primary N) is 1. The number of amides is 1. The Kier molecular flexibility index (Phi) is 4.77. The zero-order valence-electron chi connectivity index (χ0n) is 14.9. The molecule has 0 unspecified atom stereocenters. The van der Waals surface area contributed by atoms with E-state index in [4.69, 9.17) is 22.1 Å². The first-order valence-corrected chi connectivity index (χ1v) is 9.26. The van der Waals surface area contributed by atoms with Crippen LogP contribution in [0.15, 0.2) is 53.2 Å². The Balaban J connectivity index is 1.70. The highest BCUT2D eigenvalue weighted by Crippen LogP contribution is 2.45. The summed E-state index contributed by atoms with van der Waals surface area (Å²) in [5, 5.41) is 3.18. The lowest BCUT2D eigenvalue weighted by molar-refractivity contribution is 0.102. The quantitative estimate of drug-likeness (QED) is 0.767. The molecule has 1 aliphatic carbocycles. The van der Waals surface area contributed by atoms with Gasteiger partial charge in [-0.25, -0.2) is 14.4 Å². The van der Waals surface area contributed by atoms with Gasteiger partial charge in [-0.1, -0.05) is 17.7 Å². The lowest BCUT2D eigenvalue weighted by Gasteiger charge is -2.39. The molecule has 6 nitrogen and oxygen atoms in total. The van der Waals surface area contributed by atoms with Gasteiger partial charge in [0.1, 0.15) is 23.7 Å². The highest BCUT2D eigenvalue weighted by Gasteiger charge is 2.42. The Bertz CT molecular complexity index is 990. The molecule has 1 aromatic carbocycles. The second kappa shape index (κ2) is 7.24. The summed E-state index contributed by atoms with van der Waals surface area (Å²) >= 11 is 5.80. The van der Waals surface area contributed by atoms with Crippen molar-refractivity contribution >= 4 is 29.2 Å². The van der Waals surface area contributed by atoms with E-state index >= 15 is 0 Å². The number of pyridine rings is 1. The van der Waals surface area contributed by atoms with Gasteiger partial charge in [-0.3, -0.25) is 4.79 Å². The van der Waals surface area contributed by atoms with Gasteiger partial charge in [0.15, 0.2) is 0 Å². The summed E-state index contributed by atoms with van der Waals surface area (Å²) in [6.45, 7) is 0.278. The van der Waals surface area contributed by atoms with Gasteiger partial charge in [-0.15, -0.1) is 0 Å². The molecule has 0 spiro atoms. The summed E-state index contributed by atoms with van der Waals surface area (Å²) in [4.78, 5) is 20.9. The van der Waals surface area contributed by atoms with Crippen LogP contribution >= 0.6 is 11.6 Å². The molecular formula is C20H18ClFN4O2. The van der Waals surface area contributed by atoms with Gasteiger partial charge in [0.25, 0.3) is 11.9 Å². The van der Waals surface area contributed by atoms with Crippen LogP contribution in [0.3, 0.4) is 0 Å². The molecule has 4 rings (SSSR count). The standard InChI is InChI=1S/C20H18ClFN4O2/c21-13-4-7-17(24-10-13)18(27)25-14-5-6-16(22)15(9-14)20-8-2-1-3-12(20)11-28-19(23)26-20/h3-7,9-10H,1-2,8,11H2,(H2,23,26)(H,25,27)/t20-/m0/s1. The number of fused-ring (bicyclic) bond motifs is 1. The maximum Gasteiger partial charge on any atom is 0.283 e. The summed E-state index contributed by atoms with van der Waals surface area (Å²) in [5.41, 5.74) is 6.81. The van der Waals surface area contributed by atoms with Crippen molar-refractivity contribution in [3.8, 4) is 0 Å². The molecule has 28 heavy (non-hydrogen) atoms. The topological polar surface area (TPSA) is 89.6 Å². The maximum absolute atomic E-state index is 14.8. The molecule has 144 valence electrons. The van der Waals surface area contributed by atoms with Gasteiger partial charge in [-0.05, 0) is 55.2 Å². The lowest BCUT2D eigenvalue weighted by atomic mass is 9.75. The van der Waals surface area contributed by atoms with Crippen molar-refractivity contribution in [2.75, 3.05) is 11.9 Å². The molecule has 1 aromatic heterocycles. The third kappa shape index (κ3) is 3.33. The number of aliphatic imine (C=N–C) groups is 1. The minimum absolute atomic E-state index is 0.0400. The predicted molar refractivity (Wildman–Crippen MR) is 105 cm³/mol. The van der Waals surface area contributed by atoms with Gasteiger partial charge >= 0.3 is 0 Å². The number of aromatic nitrogens is 1. The number of rotatable bonds is 3. The summed E-state index contributed by atoms with van der Waals surface area (Å²) < 4.78 is 20.2. The van der Waals surface area contributed by atoms with Crippen molar-refractivity contribution in [1.29, 1.82) is 0 Å². The van der Waals surface area contributed by atoms with Crippen molar-refractivity contribution in [2.24, 2.45) is 10.7 Å². The number of hydrogen-bond donors (Lipinski definition) is 2. The zero-order valence-corrected chi connectivity index (χ0v) is 15.7. The Morgan fingerprint density at radius 1 is 1.32 bits per heavy atom. The molecule has 2 aliphatic rings. The van der Waals surface area contributed by atoms with Crippen LogP contribution in [-0.4, -0.2) is 23.5 Å². The molecule has 0 radical (unpaired) electrons. The number of ether oxygens (including phenoxy) is 1. The largest absolute Gasteiger partial charge is 0.461 e. The van der Waals surface area contributed by atoms with Crippen molar-refractivity contribution in [3.05, 3.63) is 70.3 Å². The summed E-state index contributed by atoms with van der Waals surface area (Å²) in [6.07, 6.45) is 5.78. The number of nitrogens with zero attached hydrogens (tertiary/aromatic N) is 2. The molecule has 2 aromatic rings. The number of hydrogen-bond acceptors (Lipinski definition) is 5. The maximum atomic E-state index is 14.8. The van der Waals surface area contributed by atoms with Crippen molar-refractivity contribution in [2.45, 2.75) is 24.8 Å². The third-order valence-electron chi connectivity index (χ3n) is 4.97. The molecule has 3 N–H and O–H groups in total. The third-order valence-corrected chi connectivity index (χ3v) is 5.19. The minimum Gasteiger partial charge on any atom is -0.461 e. The van der Waals surface area contributed by atoms with E-state index in [1.54, 1.807) is 12.1 Å². The van der Waals surface area contributed by atoms with Gasteiger partial charge in [-0.2, -0.15) is 0 Å². The van der Waals surface area contributed by atoms with Crippen LogP contribution in [0.2, 0.25) is 5.02 Å². The van der Waals surface area contributed by atoms with Gasteiger partial charge < -0.3 is 15.8 Å². The van der Waals surface area contributed by atoms with Crippen LogP contribution < -0.4 is 11.1 Å². The molecule has 0 bridgehead atoms. The van der Waals surface area contributed by atoms with Crippen molar-refractivity contribution in [3.63, 3.8) is 0 Å². The Morgan fingerprint density at radius 3 is 2.96 bits per heavy atom. The highest BCUT2D eigenvalue weighted by molar-refractivity contribution is 6.30. The number of halogens is 2. The average molecular weight is 401 g/mol. The monoisotopic (exact) mass is 400 g/mol. The Hall–Kier alpha value is -2.93. The molecule has 1 atom stereocenters. The molecule has 1 aliphatic heterocycles. The number of carbonyl (C=O) groups excluding carboxylic acids is 1. The van der Waals surface area contributed by atoms with Crippen molar-refractivity contribution < 1.29 is 13.9 Å². The minimum atomic E-state index is -0.899. The van der Waals surface area contributed by atoms with Gasteiger partial charge in [0.2, 0.25) is 0 Å². The van der Waals surface area contributed by atoms with Gasteiger partial charge in [0.05, 0.1) is 5.02 Å². The van der Waals surface area contributed by atoms with Gasteiger partial charge in [0, 0.05) is 17.4 Å². The first-order chi connectivity index (χ1) is 13.5. The number of nitrogens with one attached hydrogen (secondary N) is 1. The predicted octanol–water partition coefficient (Wildman–Crippen LogP) is 3.78. The van der Waals surface area contributed by atoms with E-state index < -0.39 is 17.3 Å². The highest BCUT2D eigenvalue weighted by atomic mass is 35.5. The van der Waals surface area contributed by atoms with E-state index in [-0.39, 0.29) is 18.3 Å². The van der Waals surface area contributed by atoms with E-state index in [1.807, 2.05) is 6.08 Å². The fraction of sp³-hybridized carbons (Fsp3) is 0.250. The second-order valence-electron chi connectivity index (χ2n) is 6.73. The number of allylic oxidation sites excluding steroid dienone is 1. The Morgan fingerprint density at radius 2 is 2.18 bits per heavy atom. The fourth-order valence-electron chi connectivity index (χ4n) is 3.63. The molecular weight excluding hydrogens is 383 g/mol. The number of amidine groups is 1. The first kappa shape index (κ1) is 18.4.